The van der Waals surface area contributed by atoms with Gasteiger partial charge in [0.15, 0.2) is 76.0 Å². The summed E-state index contributed by atoms with van der Waals surface area (Å²) in [5, 5.41) is 0. The molecule has 6 aromatic rings. The number of benzene rings is 5. The molecule has 0 spiro atoms. The third-order valence-electron chi connectivity index (χ3n) is 9.35. The van der Waals surface area contributed by atoms with E-state index in [1.807, 2.05) is 6.07 Å². The first-order valence-electron chi connectivity index (χ1n) is 16.8. The maximum atomic E-state index is 15.4. The van der Waals surface area contributed by atoms with Crippen molar-refractivity contribution in [1.82, 2.24) is 4.98 Å². The van der Waals surface area contributed by atoms with Crippen molar-refractivity contribution < 1.29 is 107 Å². The van der Waals surface area contributed by atoms with Crippen LogP contribution in [0.25, 0.3) is 0 Å². The number of hydrogen-bond acceptors (Lipinski definition) is 4. The second kappa shape index (κ2) is 18.9. The molecular weight excluding hydrogens is 1000 g/mol. The van der Waals surface area contributed by atoms with E-state index in [1.165, 1.54) is 17.0 Å². The van der Waals surface area contributed by atoms with Gasteiger partial charge in [0.05, 0.1) is 6.20 Å². The fourth-order valence-corrected chi connectivity index (χ4v) is 6.77. The Morgan fingerprint density at radius 3 is 1.06 bits per heavy atom. The predicted octanol–water partition coefficient (Wildman–Crippen LogP) is 7.61. The minimum absolute atomic E-state index is 0.0548. The molecule has 342 valence electrons. The summed E-state index contributed by atoms with van der Waals surface area (Å²) in [4.78, 5) is 27.8. The first kappa shape index (κ1) is 49.5. The molecule has 0 bridgehead atoms. The van der Waals surface area contributed by atoms with Crippen molar-refractivity contribution in [2.75, 3.05) is 5.52 Å². The molecule has 1 heterocycles. The van der Waals surface area contributed by atoms with Crippen LogP contribution in [0.2, 0.25) is 0 Å². The van der Waals surface area contributed by atoms with Crippen LogP contribution in [0, 0.1) is 116 Å². The van der Waals surface area contributed by atoms with Crippen molar-refractivity contribution in [1.29, 1.82) is 0 Å². The van der Waals surface area contributed by atoms with Gasteiger partial charge in [0, 0.05) is 5.56 Å². The highest BCUT2D eigenvalue weighted by atomic mass is 79.9. The summed E-state index contributed by atoms with van der Waals surface area (Å²) >= 11 is 3.02. The average molecular weight is 1020 g/mol. The van der Waals surface area contributed by atoms with Gasteiger partial charge in [-0.05, 0) is 15.9 Å². The number of halogens is 21. The number of alkyl halides is 1. The Bertz CT molecular complexity index is 2550. The zero-order valence-electron chi connectivity index (χ0n) is 30.7. The summed E-state index contributed by atoms with van der Waals surface area (Å²) in [6.45, 7) is 0.0548. The van der Waals surface area contributed by atoms with Gasteiger partial charge in [-0.2, -0.15) is 4.57 Å². The minimum atomic E-state index is -7.22. The van der Waals surface area contributed by atoms with E-state index >= 15 is 35.1 Å². The summed E-state index contributed by atoms with van der Waals surface area (Å²) < 4.78 is 300. The van der Waals surface area contributed by atoms with Crippen molar-refractivity contribution >= 4 is 55.7 Å². The lowest BCUT2D eigenvalue weighted by molar-refractivity contribution is -0.686. The molecule has 0 aliphatic rings. The van der Waals surface area contributed by atoms with Crippen LogP contribution >= 0.6 is 15.9 Å². The first-order chi connectivity index (χ1) is 30.4. The van der Waals surface area contributed by atoms with Crippen LogP contribution in [0.15, 0.2) is 48.9 Å². The highest BCUT2D eigenvalue weighted by molar-refractivity contribution is 9.09. The number of ketones is 1. The number of rotatable bonds is 9. The van der Waals surface area contributed by atoms with Crippen LogP contribution in [0.3, 0.4) is 0 Å². The largest absolute Gasteiger partial charge is 0.446 e. The summed E-state index contributed by atoms with van der Waals surface area (Å²) in [7, 11) is 0. The van der Waals surface area contributed by atoms with Gasteiger partial charge < -0.3 is 4.74 Å². The number of carbonyl (C=O) groups excluding carboxylic acids is 2. The number of aromatic nitrogens is 2. The van der Waals surface area contributed by atoms with Gasteiger partial charge in [0.25, 0.3) is 0 Å². The molecule has 0 saturated heterocycles. The molecule has 1 aromatic heterocycles. The van der Waals surface area contributed by atoms with Gasteiger partial charge in [-0.3, -0.25) is 9.78 Å². The maximum absolute atomic E-state index is 15.4. The van der Waals surface area contributed by atoms with Gasteiger partial charge in [-0.1, -0.05) is 30.3 Å². The molecule has 0 N–H and O–H groups in total. The Labute approximate surface area is 355 Å². The zero-order chi connectivity index (χ0) is 48.7. The normalized spacial score (nSPS) is 11.4. The average Bonchev–Trinajstić information content (AvgIpc) is 3.29. The fourth-order valence-electron chi connectivity index (χ4n) is 6.56. The third kappa shape index (κ3) is 8.13. The zero-order valence-corrected chi connectivity index (χ0v) is 32.3. The number of Topliss-reactive ketones (excluding diaryl/α,β-unsaturated/α-hetero) is 1. The van der Waals surface area contributed by atoms with E-state index in [4.69, 9.17) is 4.74 Å². The monoisotopic (exact) mass is 1010 g/mol. The van der Waals surface area contributed by atoms with E-state index in [1.54, 1.807) is 30.5 Å². The number of ether oxygens (including phenoxy) is 1. The summed E-state index contributed by atoms with van der Waals surface area (Å²) in [5.41, 5.74) is -13.4. The number of esters is 1. The molecule has 65 heavy (non-hydrogen) atoms. The topological polar surface area (TPSA) is 60.1 Å². The van der Waals surface area contributed by atoms with Gasteiger partial charge in [-0.25, -0.2) is 92.6 Å². The Balaban J connectivity index is 0.000000330. The number of nitrogens with zero attached hydrogens (tertiary/aromatic N) is 2. The second-order valence-corrected chi connectivity index (χ2v) is 13.2. The third-order valence-corrected chi connectivity index (χ3v) is 9.58. The molecule has 0 radical (unpaired) electrons. The number of carbonyl (C=O) groups is 2. The molecule has 27 heteroatoms. The molecule has 0 fully saturated rings. The molecular formula is C38H12BBrF20N2O3. The summed E-state index contributed by atoms with van der Waals surface area (Å²) in [6, 6.07) is 8.91. The lowest BCUT2D eigenvalue weighted by Crippen LogP contribution is -2.81. The van der Waals surface area contributed by atoms with E-state index in [0.717, 1.165) is 0 Å². The van der Waals surface area contributed by atoms with Crippen LogP contribution in [0.1, 0.15) is 20.8 Å². The standard InChI is InChI=1S/C24BF20.C14H12BrN2O3/c26-5-1(6(27)14(35)21(42)13(5)34)25(2-7(28)15(36)22(43)16(37)8(2)29,3-9(30)17(38)23(44)18(39)10(3)31)4-11(32)19(40)24(45)20(41)12(4)33;15-10-20-14(19)12-8-16-6-7-17(12)9-13(18)11-4-2-1-3-5-11/h;1-8H,9-10H2/q-1;+1. The lowest BCUT2D eigenvalue weighted by Gasteiger charge is -2.44. The van der Waals surface area contributed by atoms with E-state index in [9.17, 15) is 62.3 Å². The van der Waals surface area contributed by atoms with E-state index in [-0.39, 0.29) is 23.5 Å². The molecule has 0 aliphatic carbocycles. The van der Waals surface area contributed by atoms with Crippen molar-refractivity contribution in [3.63, 3.8) is 0 Å². The van der Waals surface area contributed by atoms with Gasteiger partial charge >= 0.3 is 11.7 Å². The molecule has 0 aliphatic heterocycles. The van der Waals surface area contributed by atoms with Crippen LogP contribution in [0.5, 0.6) is 0 Å². The van der Waals surface area contributed by atoms with Gasteiger partial charge in [-0.15, -0.1) is 21.9 Å². The second-order valence-electron chi connectivity index (χ2n) is 12.7. The van der Waals surface area contributed by atoms with Crippen LogP contribution in [-0.2, 0) is 11.3 Å². The van der Waals surface area contributed by atoms with Crippen LogP contribution in [-0.4, -0.2) is 28.4 Å². The van der Waals surface area contributed by atoms with E-state index in [0.29, 0.717) is 5.56 Å². The molecule has 6 rings (SSSR count). The Hall–Kier alpha value is -6.54. The Morgan fingerprint density at radius 2 is 0.769 bits per heavy atom. The van der Waals surface area contributed by atoms with Crippen molar-refractivity contribution in [2.45, 2.75) is 6.54 Å². The lowest BCUT2D eigenvalue weighted by atomic mass is 9.12. The number of hydrogen-bond donors (Lipinski definition) is 0. The smallest absolute Gasteiger partial charge is 0.406 e. The molecule has 5 aromatic carbocycles. The molecule has 5 nitrogen and oxygen atoms in total. The quantitative estimate of drug-likeness (QED) is 0.0219. The highest BCUT2D eigenvalue weighted by Crippen LogP contribution is 2.30. The van der Waals surface area contributed by atoms with Crippen molar-refractivity contribution in [3.05, 3.63) is 177 Å². The van der Waals surface area contributed by atoms with Gasteiger partial charge in [0.1, 0.15) is 64.4 Å². The Kier molecular flexibility index (Phi) is 14.4. The summed E-state index contributed by atoms with van der Waals surface area (Å²) in [5.74, 6) is -72.0. The van der Waals surface area contributed by atoms with Crippen molar-refractivity contribution in [3.8, 4) is 0 Å². The Morgan fingerprint density at radius 1 is 0.477 bits per heavy atom. The van der Waals surface area contributed by atoms with Crippen molar-refractivity contribution in [2.24, 2.45) is 0 Å². The maximum Gasteiger partial charge on any atom is 0.406 e. The molecule has 0 unspecified atom stereocenters. The molecule has 0 atom stereocenters. The predicted molar refractivity (Wildman–Crippen MR) is 184 cm³/mol. The summed E-state index contributed by atoms with van der Waals surface area (Å²) in [6.07, 6.45) is -2.75. The van der Waals surface area contributed by atoms with E-state index < -0.39 is 150 Å². The van der Waals surface area contributed by atoms with Crippen LogP contribution < -0.4 is 26.4 Å². The molecule has 0 saturated carbocycles. The SMILES string of the molecule is Fc1c(F)c(F)c([B-](c2c(F)c(F)c(F)c(F)c2F)(c2c(F)c(F)c(F)c(F)c2F)c2c(F)c(F)c(F)c(F)c2F)c(F)c1F.O=C(C[n+]1ccncc1C(=O)OCBr)c1ccccc1. The highest BCUT2D eigenvalue weighted by Gasteiger charge is 2.52. The van der Waals surface area contributed by atoms with Crippen LogP contribution in [0.4, 0.5) is 87.8 Å². The molecule has 0 amide bonds. The fraction of sp³-hybridized carbons (Fsp3) is 0.0526. The first-order valence-corrected chi connectivity index (χ1v) is 17.9. The minimum Gasteiger partial charge on any atom is -0.446 e. The van der Waals surface area contributed by atoms with Gasteiger partial charge in [0.2, 0.25) is 12.3 Å². The van der Waals surface area contributed by atoms with E-state index in [2.05, 4.69) is 20.9 Å².